The van der Waals surface area contributed by atoms with Gasteiger partial charge in [0.1, 0.15) is 17.0 Å². The first-order valence-corrected chi connectivity index (χ1v) is 12.8. The number of ether oxygens (including phenoxy) is 1. The van der Waals surface area contributed by atoms with Crippen LogP contribution >= 0.6 is 0 Å². The van der Waals surface area contributed by atoms with Gasteiger partial charge in [-0.05, 0) is 36.2 Å². The highest BCUT2D eigenvalue weighted by molar-refractivity contribution is 7.69. The zero-order chi connectivity index (χ0) is 25.5. The number of pyridine rings is 1. The molecule has 1 saturated heterocycles. The first-order chi connectivity index (χ1) is 17.5. The lowest BCUT2D eigenvalue weighted by Crippen LogP contribution is -2.40. The molecule has 0 radical (unpaired) electrons. The molecule has 192 valence electrons. The van der Waals surface area contributed by atoms with Gasteiger partial charge in [-0.15, -0.1) is 0 Å². The first kappa shape index (κ1) is 26.0. The Morgan fingerprint density at radius 1 is 1.28 bits per heavy atom. The number of benzene rings is 2. The van der Waals surface area contributed by atoms with Crippen LogP contribution in [0.25, 0.3) is 10.9 Å². The minimum absolute atomic E-state index is 0.167. The van der Waals surface area contributed by atoms with Crippen LogP contribution in [0, 0.1) is 0 Å². The lowest BCUT2D eigenvalue weighted by molar-refractivity contribution is -0.134. The Hall–Kier alpha value is -3.09. The van der Waals surface area contributed by atoms with Crippen LogP contribution in [0.15, 0.2) is 65.2 Å². The van der Waals surface area contributed by atoms with Crippen molar-refractivity contribution in [2.24, 2.45) is 4.36 Å². The number of likely N-dealkylation sites (N-methyl/N-ethyl adjacent to an activating group) is 1. The van der Waals surface area contributed by atoms with Gasteiger partial charge >= 0.3 is 0 Å². The highest BCUT2D eigenvalue weighted by Crippen LogP contribution is 2.32. The number of nitrogens with zero attached hydrogens (tertiary/aromatic N) is 4. The second-order valence-corrected chi connectivity index (χ2v) is 9.40. The third-order valence-electron chi connectivity index (χ3n) is 6.14. The summed E-state index contributed by atoms with van der Waals surface area (Å²) in [5, 5.41) is 10.6. The fourth-order valence-corrected chi connectivity index (χ4v) is 4.82. The Morgan fingerprint density at radius 2 is 2.08 bits per heavy atom. The van der Waals surface area contributed by atoms with Crippen molar-refractivity contribution in [1.29, 1.82) is 0 Å². The SMILES string of the molecule is CNO[SH](=O)=Nc1ccc(OCC(=O)N(C)C(CN2CC[C@H](O)C2)c2ccccc2)c2cccnc12. The highest BCUT2D eigenvalue weighted by Gasteiger charge is 2.28. The summed E-state index contributed by atoms with van der Waals surface area (Å²) < 4.78 is 26.7. The van der Waals surface area contributed by atoms with Crippen LogP contribution in [-0.4, -0.2) is 76.4 Å². The molecule has 0 aliphatic carbocycles. The largest absolute Gasteiger partial charge is 0.483 e. The maximum atomic E-state index is 13.2. The fourth-order valence-electron chi connectivity index (χ4n) is 4.29. The summed E-state index contributed by atoms with van der Waals surface area (Å²) >= 11 is 0. The number of likely N-dealkylation sites (tertiary alicyclic amines) is 1. The molecule has 2 heterocycles. The first-order valence-electron chi connectivity index (χ1n) is 11.7. The minimum atomic E-state index is -2.30. The van der Waals surface area contributed by atoms with Crippen LogP contribution in [0.2, 0.25) is 0 Å². The molecule has 36 heavy (non-hydrogen) atoms. The van der Waals surface area contributed by atoms with E-state index in [1.54, 1.807) is 36.3 Å². The van der Waals surface area contributed by atoms with Crippen LogP contribution in [0.4, 0.5) is 5.69 Å². The Bertz CT molecular complexity index is 1270. The van der Waals surface area contributed by atoms with Crippen molar-refractivity contribution in [3.05, 3.63) is 66.4 Å². The van der Waals surface area contributed by atoms with Gasteiger partial charge in [-0.25, -0.2) is 4.21 Å². The number of rotatable bonds is 10. The molecule has 3 aromatic rings. The normalized spacial score (nSPS) is 17.8. The number of nitrogens with one attached hydrogen (secondary N) is 1. The van der Waals surface area contributed by atoms with Gasteiger partial charge in [0, 0.05) is 45.3 Å². The monoisotopic (exact) mass is 513 g/mol. The summed E-state index contributed by atoms with van der Waals surface area (Å²) in [5.74, 6) is 0.294. The average molecular weight is 514 g/mol. The van der Waals surface area contributed by atoms with E-state index in [9.17, 15) is 14.1 Å². The summed E-state index contributed by atoms with van der Waals surface area (Å²) in [7, 11) is 0.972. The van der Waals surface area contributed by atoms with Crippen molar-refractivity contribution in [2.45, 2.75) is 18.6 Å². The summed E-state index contributed by atoms with van der Waals surface area (Å²) in [6.45, 7) is 1.85. The number of carbonyl (C=O) groups excluding carboxylic acids is 1. The maximum Gasteiger partial charge on any atom is 0.260 e. The zero-order valence-corrected chi connectivity index (χ0v) is 21.2. The number of hydroxylamine groups is 1. The van der Waals surface area contributed by atoms with Crippen LogP contribution in [0.3, 0.4) is 0 Å². The number of hydrogen-bond acceptors (Lipinski definition) is 9. The van der Waals surface area contributed by atoms with Gasteiger partial charge in [0.05, 0.1) is 12.1 Å². The van der Waals surface area contributed by atoms with E-state index in [-0.39, 0.29) is 24.7 Å². The number of β-amino-alcohol motifs (C(OH)–C–C–N with tert-alkyl or cyclic N) is 1. The van der Waals surface area contributed by atoms with E-state index < -0.39 is 10.9 Å². The Morgan fingerprint density at radius 3 is 2.81 bits per heavy atom. The zero-order valence-electron chi connectivity index (χ0n) is 20.3. The molecule has 3 atom stereocenters. The summed E-state index contributed by atoms with van der Waals surface area (Å²) in [6, 6.07) is 16.6. The predicted octanol–water partition coefficient (Wildman–Crippen LogP) is 2.24. The number of carbonyl (C=O) groups is 1. The van der Waals surface area contributed by atoms with E-state index in [0.29, 0.717) is 35.4 Å². The Labute approximate surface area is 212 Å². The number of aliphatic hydroxyl groups is 1. The highest BCUT2D eigenvalue weighted by atomic mass is 32.2. The molecule has 1 fully saturated rings. The summed E-state index contributed by atoms with van der Waals surface area (Å²) in [6.07, 6.45) is 2.02. The number of aromatic nitrogens is 1. The molecule has 4 rings (SSSR count). The number of hydrogen-bond donors (Lipinski definition) is 3. The molecular formula is C25H31N5O5S. The topological polar surface area (TPSA) is 117 Å². The molecule has 1 amide bonds. The number of aliphatic hydroxyl groups excluding tert-OH is 1. The number of fused-ring (bicyclic) bond motifs is 1. The second-order valence-electron chi connectivity index (χ2n) is 8.54. The molecule has 11 heteroatoms. The molecule has 0 spiro atoms. The van der Waals surface area contributed by atoms with Crippen LogP contribution in [-0.2, 0) is 20.0 Å². The third kappa shape index (κ3) is 6.37. The van der Waals surface area contributed by atoms with E-state index in [1.807, 2.05) is 36.4 Å². The number of thiol groups is 1. The van der Waals surface area contributed by atoms with E-state index in [2.05, 4.69) is 19.7 Å². The Balaban J connectivity index is 1.51. The van der Waals surface area contributed by atoms with Crippen molar-refractivity contribution in [3.63, 3.8) is 0 Å². The summed E-state index contributed by atoms with van der Waals surface area (Å²) in [5.41, 5.74) is 4.27. The lowest BCUT2D eigenvalue weighted by atomic mass is 10.0. The van der Waals surface area contributed by atoms with Crippen molar-refractivity contribution < 1.29 is 23.1 Å². The lowest BCUT2D eigenvalue weighted by Gasteiger charge is -2.32. The van der Waals surface area contributed by atoms with Gasteiger partial charge in [-0.3, -0.25) is 14.7 Å². The molecule has 2 N–H and O–H groups in total. The van der Waals surface area contributed by atoms with Gasteiger partial charge < -0.3 is 14.7 Å². The molecule has 0 bridgehead atoms. The van der Waals surface area contributed by atoms with Gasteiger partial charge in [-0.2, -0.15) is 14.1 Å². The summed E-state index contributed by atoms with van der Waals surface area (Å²) in [4.78, 5) is 21.5. The molecule has 0 saturated carbocycles. The molecule has 2 unspecified atom stereocenters. The number of amides is 1. The second kappa shape index (κ2) is 12.2. The van der Waals surface area contributed by atoms with Gasteiger partial charge in [0.2, 0.25) is 0 Å². The smallest absolute Gasteiger partial charge is 0.260 e. The minimum Gasteiger partial charge on any atom is -0.483 e. The molecule has 2 aromatic carbocycles. The van der Waals surface area contributed by atoms with Gasteiger partial charge in [0.25, 0.3) is 5.91 Å². The van der Waals surface area contributed by atoms with E-state index in [4.69, 9.17) is 9.02 Å². The van der Waals surface area contributed by atoms with Crippen molar-refractivity contribution in [1.82, 2.24) is 20.3 Å². The molecule has 1 aliphatic rings. The molecule has 1 aromatic heterocycles. The molecule has 1 aliphatic heterocycles. The van der Waals surface area contributed by atoms with Crippen LogP contribution < -0.4 is 10.2 Å². The van der Waals surface area contributed by atoms with Crippen molar-refractivity contribution in [2.75, 3.05) is 40.3 Å². The van der Waals surface area contributed by atoms with Crippen LogP contribution in [0.5, 0.6) is 5.75 Å². The van der Waals surface area contributed by atoms with Gasteiger partial charge in [-0.1, -0.05) is 30.3 Å². The van der Waals surface area contributed by atoms with E-state index in [1.165, 1.54) is 7.05 Å². The predicted molar refractivity (Wildman–Crippen MR) is 138 cm³/mol. The molecular weight excluding hydrogens is 482 g/mol. The van der Waals surface area contributed by atoms with Crippen molar-refractivity contribution >= 4 is 33.4 Å². The standard InChI is InChI=1S/C25H31N5O5S/c1-26-35-36(33)28-21-10-11-23(20-9-6-13-27-25(20)21)34-17-24(32)29(2)22(18-7-4-3-5-8-18)16-30-14-12-19(31)15-30/h3-11,13,19,22,26,31,36H,12,14-17H2,1-2H3/t19-,22?/m0/s1. The maximum absolute atomic E-state index is 13.2. The van der Waals surface area contributed by atoms with Crippen LogP contribution in [0.1, 0.15) is 18.0 Å². The molecule has 10 nitrogen and oxygen atoms in total. The van der Waals surface area contributed by atoms with Gasteiger partial charge in [0.15, 0.2) is 17.5 Å². The third-order valence-corrected chi connectivity index (χ3v) is 6.86. The van der Waals surface area contributed by atoms with E-state index in [0.717, 1.165) is 18.5 Å². The quantitative estimate of drug-likeness (QED) is 0.279. The van der Waals surface area contributed by atoms with Crippen molar-refractivity contribution in [3.8, 4) is 5.75 Å². The van der Waals surface area contributed by atoms with E-state index >= 15 is 0 Å². The average Bonchev–Trinajstić information content (AvgIpc) is 3.31. The Kier molecular flexibility index (Phi) is 8.83. The fraction of sp³-hybridized carbons (Fsp3) is 0.360.